The molecule has 1 aromatic heterocycles. The minimum atomic E-state index is -3.59. The van der Waals surface area contributed by atoms with Crippen molar-refractivity contribution in [2.75, 3.05) is 19.7 Å². The third-order valence-corrected chi connectivity index (χ3v) is 5.08. The number of aromatic nitrogens is 1. The van der Waals surface area contributed by atoms with Crippen molar-refractivity contribution in [2.45, 2.75) is 32.7 Å². The second kappa shape index (κ2) is 6.21. The van der Waals surface area contributed by atoms with Crippen molar-refractivity contribution >= 4 is 10.2 Å². The standard InChI is InChI=1S/C12H21N3O4S/c1-9-6-13-12(19-9)10(2)14-20(17,18)15-5-3-4-11(7-15)8-16/h6,10-11,14,16H,3-5,7-8H2,1-2H3. The van der Waals surface area contributed by atoms with Crippen LogP contribution in [0.5, 0.6) is 0 Å². The van der Waals surface area contributed by atoms with Crippen LogP contribution in [0.15, 0.2) is 10.6 Å². The molecule has 114 valence electrons. The van der Waals surface area contributed by atoms with Crippen molar-refractivity contribution in [3.05, 3.63) is 17.8 Å². The third-order valence-electron chi connectivity index (χ3n) is 3.42. The van der Waals surface area contributed by atoms with Crippen molar-refractivity contribution in [1.82, 2.24) is 14.0 Å². The number of aryl methyl sites for hydroxylation is 1. The van der Waals surface area contributed by atoms with E-state index in [-0.39, 0.29) is 12.5 Å². The molecule has 7 nitrogen and oxygen atoms in total. The molecular weight excluding hydrogens is 282 g/mol. The maximum Gasteiger partial charge on any atom is 0.280 e. The van der Waals surface area contributed by atoms with Gasteiger partial charge in [-0.3, -0.25) is 0 Å². The summed E-state index contributed by atoms with van der Waals surface area (Å²) in [6.45, 7) is 4.29. The first-order chi connectivity index (χ1) is 9.42. The molecule has 0 aromatic carbocycles. The van der Waals surface area contributed by atoms with Gasteiger partial charge in [0.1, 0.15) is 5.76 Å². The van der Waals surface area contributed by atoms with Gasteiger partial charge in [-0.2, -0.15) is 17.4 Å². The van der Waals surface area contributed by atoms with E-state index in [2.05, 4.69) is 9.71 Å². The minimum absolute atomic E-state index is 0.0135. The topological polar surface area (TPSA) is 95.7 Å². The van der Waals surface area contributed by atoms with Crippen molar-refractivity contribution in [1.29, 1.82) is 0 Å². The Morgan fingerprint density at radius 1 is 1.65 bits per heavy atom. The van der Waals surface area contributed by atoms with Crippen LogP contribution in [0.4, 0.5) is 0 Å². The van der Waals surface area contributed by atoms with Gasteiger partial charge in [0.05, 0.1) is 12.2 Å². The molecule has 1 fully saturated rings. The lowest BCUT2D eigenvalue weighted by Crippen LogP contribution is -2.47. The summed E-state index contributed by atoms with van der Waals surface area (Å²) < 4.78 is 33.9. The van der Waals surface area contributed by atoms with E-state index in [0.717, 1.165) is 12.8 Å². The molecule has 8 heteroatoms. The van der Waals surface area contributed by atoms with Crippen LogP contribution in [0.2, 0.25) is 0 Å². The molecule has 2 rings (SSSR count). The van der Waals surface area contributed by atoms with E-state index in [4.69, 9.17) is 4.42 Å². The monoisotopic (exact) mass is 303 g/mol. The van der Waals surface area contributed by atoms with Gasteiger partial charge in [-0.1, -0.05) is 0 Å². The molecule has 2 atom stereocenters. The molecule has 2 N–H and O–H groups in total. The zero-order valence-corrected chi connectivity index (χ0v) is 12.6. The van der Waals surface area contributed by atoms with Crippen molar-refractivity contribution < 1.29 is 17.9 Å². The van der Waals surface area contributed by atoms with Crippen LogP contribution in [-0.2, 0) is 10.2 Å². The van der Waals surface area contributed by atoms with E-state index in [1.54, 1.807) is 20.0 Å². The molecule has 1 aliphatic heterocycles. The van der Waals surface area contributed by atoms with Gasteiger partial charge in [0.25, 0.3) is 10.2 Å². The maximum atomic E-state index is 12.3. The Kier molecular flexibility index (Phi) is 4.79. The highest BCUT2D eigenvalue weighted by molar-refractivity contribution is 7.87. The third kappa shape index (κ3) is 3.57. The molecule has 20 heavy (non-hydrogen) atoms. The van der Waals surface area contributed by atoms with Gasteiger partial charge in [-0.15, -0.1) is 0 Å². The van der Waals surface area contributed by atoms with E-state index < -0.39 is 16.3 Å². The maximum absolute atomic E-state index is 12.3. The molecule has 1 saturated heterocycles. The highest BCUT2D eigenvalue weighted by atomic mass is 32.2. The molecule has 0 radical (unpaired) electrons. The highest BCUT2D eigenvalue weighted by Gasteiger charge is 2.30. The van der Waals surface area contributed by atoms with Crippen molar-refractivity contribution in [2.24, 2.45) is 5.92 Å². The summed E-state index contributed by atoms with van der Waals surface area (Å²) in [7, 11) is -3.59. The lowest BCUT2D eigenvalue weighted by Gasteiger charge is -2.31. The smallest absolute Gasteiger partial charge is 0.280 e. The number of aliphatic hydroxyl groups excluding tert-OH is 1. The fourth-order valence-corrected chi connectivity index (χ4v) is 3.79. The Balaban J connectivity index is 2.03. The molecular formula is C12H21N3O4S. The van der Waals surface area contributed by atoms with E-state index in [1.165, 1.54) is 4.31 Å². The second-order valence-corrected chi connectivity index (χ2v) is 6.90. The molecule has 1 aliphatic rings. The molecule has 0 saturated carbocycles. The summed E-state index contributed by atoms with van der Waals surface area (Å²) in [5, 5.41) is 9.17. The van der Waals surface area contributed by atoms with Crippen molar-refractivity contribution in [3.8, 4) is 0 Å². The molecule has 0 spiro atoms. The number of nitrogens with zero attached hydrogens (tertiary/aromatic N) is 2. The Labute approximate surface area is 119 Å². The SMILES string of the molecule is Cc1cnc(C(C)NS(=O)(=O)N2CCCC(CO)C2)o1. The lowest BCUT2D eigenvalue weighted by molar-refractivity contribution is 0.164. The number of nitrogens with one attached hydrogen (secondary N) is 1. The molecule has 2 heterocycles. The van der Waals surface area contributed by atoms with E-state index in [0.29, 0.717) is 24.7 Å². The van der Waals surface area contributed by atoms with Crippen LogP contribution >= 0.6 is 0 Å². The number of hydrogen-bond donors (Lipinski definition) is 2. The summed E-state index contributed by atoms with van der Waals surface area (Å²) in [6, 6.07) is -0.525. The first-order valence-electron chi connectivity index (χ1n) is 6.73. The first kappa shape index (κ1) is 15.4. The Morgan fingerprint density at radius 2 is 2.40 bits per heavy atom. The van der Waals surface area contributed by atoms with Gasteiger partial charge < -0.3 is 9.52 Å². The van der Waals surface area contributed by atoms with E-state index in [9.17, 15) is 13.5 Å². The van der Waals surface area contributed by atoms with Crippen LogP contribution in [0.25, 0.3) is 0 Å². The number of hydrogen-bond acceptors (Lipinski definition) is 5. The van der Waals surface area contributed by atoms with Crippen LogP contribution in [0.3, 0.4) is 0 Å². The van der Waals surface area contributed by atoms with Crippen molar-refractivity contribution in [3.63, 3.8) is 0 Å². The Bertz CT molecular complexity index is 543. The summed E-state index contributed by atoms with van der Waals surface area (Å²) >= 11 is 0. The highest BCUT2D eigenvalue weighted by Crippen LogP contribution is 2.20. The van der Waals surface area contributed by atoms with E-state index in [1.807, 2.05) is 0 Å². The molecule has 0 amide bonds. The first-order valence-corrected chi connectivity index (χ1v) is 8.17. The zero-order chi connectivity index (χ0) is 14.8. The summed E-state index contributed by atoms with van der Waals surface area (Å²) in [4.78, 5) is 4.02. The average Bonchev–Trinajstić information content (AvgIpc) is 2.85. The second-order valence-electron chi connectivity index (χ2n) is 5.20. The molecule has 1 aromatic rings. The summed E-state index contributed by atoms with van der Waals surface area (Å²) in [6.07, 6.45) is 3.18. The predicted octanol–water partition coefficient (Wildman–Crippen LogP) is 0.583. The molecule has 2 unspecified atom stereocenters. The van der Waals surface area contributed by atoms with Gasteiger partial charge in [-0.05, 0) is 32.6 Å². The number of rotatable bonds is 5. The summed E-state index contributed by atoms with van der Waals surface area (Å²) in [5.74, 6) is 1.01. The van der Waals surface area contributed by atoms with Crippen LogP contribution in [0.1, 0.15) is 37.5 Å². The minimum Gasteiger partial charge on any atom is -0.444 e. The number of piperidine rings is 1. The number of aliphatic hydroxyl groups is 1. The van der Waals surface area contributed by atoms with Crippen LogP contribution in [-0.4, -0.2) is 42.5 Å². The summed E-state index contributed by atoms with van der Waals surface area (Å²) in [5.41, 5.74) is 0. The Morgan fingerprint density at radius 3 is 3.00 bits per heavy atom. The fraction of sp³-hybridized carbons (Fsp3) is 0.750. The molecule has 0 bridgehead atoms. The normalized spacial score (nSPS) is 22.9. The lowest BCUT2D eigenvalue weighted by atomic mass is 10.0. The molecule has 0 aliphatic carbocycles. The quantitative estimate of drug-likeness (QED) is 0.829. The van der Waals surface area contributed by atoms with E-state index >= 15 is 0 Å². The van der Waals surface area contributed by atoms with Gasteiger partial charge in [0.2, 0.25) is 5.89 Å². The Hall–Kier alpha value is -0.960. The van der Waals surface area contributed by atoms with Crippen LogP contribution < -0.4 is 4.72 Å². The number of oxazole rings is 1. The van der Waals surface area contributed by atoms with Gasteiger partial charge in [0, 0.05) is 19.7 Å². The van der Waals surface area contributed by atoms with Gasteiger partial charge in [-0.25, -0.2) is 4.98 Å². The fourth-order valence-electron chi connectivity index (χ4n) is 2.31. The predicted molar refractivity (Wildman–Crippen MR) is 73.1 cm³/mol. The van der Waals surface area contributed by atoms with Gasteiger partial charge >= 0.3 is 0 Å². The van der Waals surface area contributed by atoms with Crippen LogP contribution in [0, 0.1) is 12.8 Å². The zero-order valence-electron chi connectivity index (χ0n) is 11.7. The van der Waals surface area contributed by atoms with Gasteiger partial charge in [0.15, 0.2) is 0 Å². The average molecular weight is 303 g/mol. The largest absolute Gasteiger partial charge is 0.444 e.